The maximum atomic E-state index is 12.3. The van der Waals surface area contributed by atoms with E-state index in [4.69, 9.17) is 0 Å². The largest absolute Gasteiger partial charge is 0.339 e. The maximum Gasteiger partial charge on any atom is 0.268 e. The number of hydrogen-bond acceptors (Lipinski definition) is 3. The van der Waals surface area contributed by atoms with E-state index in [1.54, 1.807) is 6.07 Å². The molecular formula is C13H14BrN3O3. The van der Waals surface area contributed by atoms with Crippen molar-refractivity contribution in [3.63, 3.8) is 0 Å². The molecule has 6 nitrogen and oxygen atoms in total. The van der Waals surface area contributed by atoms with Gasteiger partial charge in [-0.3, -0.25) is 19.7 Å². The van der Waals surface area contributed by atoms with Crippen molar-refractivity contribution >= 4 is 33.7 Å². The first-order valence-electron chi connectivity index (χ1n) is 6.56. The molecule has 1 saturated carbocycles. The molecule has 1 atom stereocenters. The van der Waals surface area contributed by atoms with E-state index in [1.165, 1.54) is 0 Å². The first-order valence-corrected chi connectivity index (χ1v) is 7.36. The second-order valence-electron chi connectivity index (χ2n) is 5.16. The van der Waals surface area contributed by atoms with Gasteiger partial charge >= 0.3 is 0 Å². The van der Waals surface area contributed by atoms with Crippen LogP contribution in [0.5, 0.6) is 0 Å². The average Bonchev–Trinajstić information content (AvgIpc) is 3.16. The van der Waals surface area contributed by atoms with Crippen LogP contribution < -0.4 is 10.6 Å². The average molecular weight is 340 g/mol. The van der Waals surface area contributed by atoms with Crippen molar-refractivity contribution in [3.8, 4) is 0 Å². The van der Waals surface area contributed by atoms with Crippen LogP contribution in [0.15, 0.2) is 16.7 Å². The summed E-state index contributed by atoms with van der Waals surface area (Å²) in [4.78, 5) is 35.0. The zero-order valence-corrected chi connectivity index (χ0v) is 12.3. The number of nitrogens with one attached hydrogen (secondary N) is 2. The Morgan fingerprint density at radius 2 is 2.10 bits per heavy atom. The fourth-order valence-corrected chi connectivity index (χ4v) is 2.78. The molecule has 2 fully saturated rings. The Labute approximate surface area is 124 Å². The van der Waals surface area contributed by atoms with Crippen LogP contribution >= 0.6 is 15.9 Å². The number of imide groups is 1. The van der Waals surface area contributed by atoms with Gasteiger partial charge in [-0.1, -0.05) is 0 Å². The summed E-state index contributed by atoms with van der Waals surface area (Å²) >= 11 is 3.37. The molecule has 0 radical (unpaired) electrons. The van der Waals surface area contributed by atoms with Crippen LogP contribution in [-0.2, 0) is 9.59 Å². The van der Waals surface area contributed by atoms with Crippen molar-refractivity contribution in [2.75, 3.05) is 0 Å². The van der Waals surface area contributed by atoms with Crippen LogP contribution in [0.4, 0.5) is 0 Å². The molecule has 2 N–H and O–H groups in total. The van der Waals surface area contributed by atoms with E-state index in [9.17, 15) is 14.4 Å². The van der Waals surface area contributed by atoms with Gasteiger partial charge < -0.3 is 9.88 Å². The summed E-state index contributed by atoms with van der Waals surface area (Å²) in [6.45, 7) is 0. The number of carbonyl (C=O) groups is 3. The molecule has 1 aromatic rings. The predicted octanol–water partition coefficient (Wildman–Crippen LogP) is 1.12. The van der Waals surface area contributed by atoms with Gasteiger partial charge in [0.05, 0.1) is 0 Å². The topological polar surface area (TPSA) is 80.2 Å². The monoisotopic (exact) mass is 339 g/mol. The van der Waals surface area contributed by atoms with E-state index >= 15 is 0 Å². The highest BCUT2D eigenvalue weighted by Crippen LogP contribution is 2.37. The summed E-state index contributed by atoms with van der Waals surface area (Å²) < 4.78 is 2.78. The minimum Gasteiger partial charge on any atom is -0.339 e. The predicted molar refractivity (Wildman–Crippen MR) is 74.0 cm³/mol. The molecule has 0 bridgehead atoms. The number of aromatic nitrogens is 1. The molecule has 1 aliphatic carbocycles. The Morgan fingerprint density at radius 1 is 1.35 bits per heavy atom. The number of piperidine rings is 1. The minimum atomic E-state index is -0.637. The summed E-state index contributed by atoms with van der Waals surface area (Å²) in [5, 5.41) is 4.93. The van der Waals surface area contributed by atoms with E-state index in [1.807, 2.05) is 10.8 Å². The molecule has 3 amide bonds. The van der Waals surface area contributed by atoms with Crippen LogP contribution in [0.2, 0.25) is 0 Å². The number of halogens is 1. The van der Waals surface area contributed by atoms with Gasteiger partial charge in [0.1, 0.15) is 11.7 Å². The van der Waals surface area contributed by atoms with Gasteiger partial charge in [0.2, 0.25) is 11.8 Å². The van der Waals surface area contributed by atoms with Gasteiger partial charge in [0.15, 0.2) is 0 Å². The molecule has 1 unspecified atom stereocenters. The van der Waals surface area contributed by atoms with Crippen LogP contribution in [0.3, 0.4) is 0 Å². The molecule has 3 rings (SSSR count). The van der Waals surface area contributed by atoms with Gasteiger partial charge in [-0.2, -0.15) is 0 Å². The Kier molecular flexibility index (Phi) is 3.37. The lowest BCUT2D eigenvalue weighted by Gasteiger charge is -2.22. The van der Waals surface area contributed by atoms with Gasteiger partial charge in [0, 0.05) is 23.1 Å². The van der Waals surface area contributed by atoms with Crippen LogP contribution in [0.1, 0.15) is 42.2 Å². The second-order valence-corrected chi connectivity index (χ2v) is 6.07. The van der Waals surface area contributed by atoms with Crippen molar-refractivity contribution in [3.05, 3.63) is 22.4 Å². The lowest BCUT2D eigenvalue weighted by molar-refractivity contribution is -0.134. The van der Waals surface area contributed by atoms with Crippen LogP contribution in [0, 0.1) is 0 Å². The summed E-state index contributed by atoms with van der Waals surface area (Å²) in [6.07, 6.45) is 4.63. The van der Waals surface area contributed by atoms with Gasteiger partial charge in [-0.05, 0) is 41.3 Å². The van der Waals surface area contributed by atoms with E-state index in [0.29, 0.717) is 18.2 Å². The molecule has 0 aromatic carbocycles. The molecule has 2 heterocycles. The molecule has 2 aliphatic rings. The highest BCUT2D eigenvalue weighted by Gasteiger charge is 2.31. The molecule has 1 aromatic heterocycles. The molecule has 7 heteroatoms. The summed E-state index contributed by atoms with van der Waals surface area (Å²) in [6, 6.07) is 1.49. The minimum absolute atomic E-state index is 0.254. The molecule has 106 valence electrons. The number of carbonyl (C=O) groups excluding carboxylic acids is 3. The first kappa shape index (κ1) is 13.4. The summed E-state index contributed by atoms with van der Waals surface area (Å²) in [7, 11) is 0. The van der Waals surface area contributed by atoms with Gasteiger partial charge in [-0.25, -0.2) is 0 Å². The Morgan fingerprint density at radius 3 is 2.75 bits per heavy atom. The third-order valence-corrected chi connectivity index (χ3v) is 3.97. The van der Waals surface area contributed by atoms with Crippen LogP contribution in [0.25, 0.3) is 0 Å². The lowest BCUT2D eigenvalue weighted by Crippen LogP contribution is -2.52. The quantitative estimate of drug-likeness (QED) is 0.810. The van der Waals surface area contributed by atoms with Crippen molar-refractivity contribution in [2.45, 2.75) is 37.8 Å². The normalized spacial score (nSPS) is 22.6. The van der Waals surface area contributed by atoms with E-state index in [0.717, 1.165) is 17.3 Å². The Bertz CT molecular complexity index is 592. The molecular weight excluding hydrogens is 326 g/mol. The third kappa shape index (κ3) is 2.63. The number of amides is 3. The standard InChI is InChI=1S/C13H14BrN3O3/c14-7-5-10(17(6-7)8-1-2-8)13(20)15-9-3-4-11(18)16-12(9)19/h5-6,8-9H,1-4H2,(H,15,20)(H,16,18,19). The Balaban J connectivity index is 1.73. The van der Waals surface area contributed by atoms with Crippen molar-refractivity contribution in [1.29, 1.82) is 0 Å². The van der Waals surface area contributed by atoms with E-state index in [-0.39, 0.29) is 18.2 Å². The molecule has 1 saturated heterocycles. The highest BCUT2D eigenvalue weighted by molar-refractivity contribution is 9.10. The number of nitrogens with zero attached hydrogens (tertiary/aromatic N) is 1. The fraction of sp³-hybridized carbons (Fsp3) is 0.462. The summed E-state index contributed by atoms with van der Waals surface area (Å²) in [5.41, 5.74) is 0.545. The molecule has 20 heavy (non-hydrogen) atoms. The van der Waals surface area contributed by atoms with Crippen LogP contribution in [-0.4, -0.2) is 28.3 Å². The highest BCUT2D eigenvalue weighted by atomic mass is 79.9. The SMILES string of the molecule is O=C1CCC(NC(=O)c2cc(Br)cn2C2CC2)C(=O)N1. The summed E-state index contributed by atoms with van der Waals surface area (Å²) in [5.74, 6) is -1.00. The van der Waals surface area contributed by atoms with E-state index in [2.05, 4.69) is 26.6 Å². The number of hydrogen-bond donors (Lipinski definition) is 2. The molecule has 1 aliphatic heterocycles. The Hall–Kier alpha value is -1.63. The molecule has 0 spiro atoms. The number of rotatable bonds is 3. The third-order valence-electron chi connectivity index (χ3n) is 3.53. The van der Waals surface area contributed by atoms with Crippen molar-refractivity contribution in [1.82, 2.24) is 15.2 Å². The van der Waals surface area contributed by atoms with Gasteiger partial charge in [0.25, 0.3) is 5.91 Å². The lowest BCUT2D eigenvalue weighted by atomic mass is 10.1. The van der Waals surface area contributed by atoms with Gasteiger partial charge in [-0.15, -0.1) is 0 Å². The zero-order valence-electron chi connectivity index (χ0n) is 10.7. The first-order chi connectivity index (χ1) is 9.54. The smallest absolute Gasteiger partial charge is 0.268 e. The fourth-order valence-electron chi connectivity index (χ4n) is 2.35. The maximum absolute atomic E-state index is 12.3. The zero-order chi connectivity index (χ0) is 14.3. The van der Waals surface area contributed by atoms with E-state index < -0.39 is 11.9 Å². The van der Waals surface area contributed by atoms with Crippen molar-refractivity contribution in [2.24, 2.45) is 0 Å². The second kappa shape index (κ2) is 5.05. The van der Waals surface area contributed by atoms with Crippen molar-refractivity contribution < 1.29 is 14.4 Å².